The first-order chi connectivity index (χ1) is 14.5. The lowest BCUT2D eigenvalue weighted by Crippen LogP contribution is -2.62. The molecule has 0 saturated carbocycles. The summed E-state index contributed by atoms with van der Waals surface area (Å²) in [5.74, 6) is -0.116. The highest BCUT2D eigenvalue weighted by Crippen LogP contribution is 2.42. The van der Waals surface area contributed by atoms with Crippen LogP contribution in [-0.2, 0) is 4.74 Å². The summed E-state index contributed by atoms with van der Waals surface area (Å²) < 4.78 is 46.9. The minimum absolute atomic E-state index is 0.0404. The highest BCUT2D eigenvalue weighted by molar-refractivity contribution is 5.30. The third kappa shape index (κ3) is 4.28. The smallest absolute Gasteiger partial charge is 0.406 e. The largest absolute Gasteiger partial charge is 0.573 e. The molecule has 8 nitrogen and oxygen atoms in total. The number of likely N-dealkylation sites (tertiary alicyclic amines) is 1. The molecular weight excluding hydrogens is 419 g/mol. The van der Waals surface area contributed by atoms with E-state index < -0.39 is 42.3 Å². The molecule has 3 fully saturated rings. The summed E-state index contributed by atoms with van der Waals surface area (Å²) in [6.07, 6.45) is -8.65. The Morgan fingerprint density at radius 2 is 1.94 bits per heavy atom. The van der Waals surface area contributed by atoms with Gasteiger partial charge < -0.3 is 30.1 Å². The molecule has 5 N–H and O–H groups in total. The summed E-state index contributed by atoms with van der Waals surface area (Å²) in [6.45, 7) is 4.75. The Labute approximate surface area is 177 Å². The number of alkyl halides is 3. The second kappa shape index (κ2) is 8.14. The van der Waals surface area contributed by atoms with Crippen molar-refractivity contribution >= 4 is 0 Å². The zero-order valence-corrected chi connectivity index (χ0v) is 17.2. The summed E-state index contributed by atoms with van der Waals surface area (Å²) in [4.78, 5) is 1.97. The van der Waals surface area contributed by atoms with Gasteiger partial charge in [-0.15, -0.1) is 13.2 Å². The van der Waals surface area contributed by atoms with E-state index in [1.165, 1.54) is 19.1 Å². The lowest BCUT2D eigenvalue weighted by atomic mass is 9.88. The van der Waals surface area contributed by atoms with Crippen molar-refractivity contribution in [3.05, 3.63) is 29.8 Å². The number of halogens is 3. The van der Waals surface area contributed by atoms with Crippen LogP contribution < -0.4 is 15.4 Å². The predicted octanol–water partition coefficient (Wildman–Crippen LogP) is 0.642. The van der Waals surface area contributed by atoms with Gasteiger partial charge in [-0.1, -0.05) is 12.1 Å². The third-order valence-electron chi connectivity index (χ3n) is 6.66. The summed E-state index contributed by atoms with van der Waals surface area (Å²) in [6, 6.07) is 4.98. The van der Waals surface area contributed by atoms with E-state index in [4.69, 9.17) is 4.74 Å². The minimum atomic E-state index is -4.82. The second-order valence-corrected chi connectivity index (χ2v) is 8.69. The average Bonchev–Trinajstić information content (AvgIpc) is 3.21. The molecule has 0 aliphatic carbocycles. The van der Waals surface area contributed by atoms with Crippen LogP contribution in [0.15, 0.2) is 24.3 Å². The molecule has 3 heterocycles. The van der Waals surface area contributed by atoms with Gasteiger partial charge in [-0.2, -0.15) is 0 Å². The summed E-state index contributed by atoms with van der Waals surface area (Å²) in [5, 5.41) is 39.4. The van der Waals surface area contributed by atoms with Crippen molar-refractivity contribution in [3.8, 4) is 5.75 Å². The van der Waals surface area contributed by atoms with Crippen molar-refractivity contribution in [2.24, 2.45) is 5.92 Å². The number of hydrogen-bond donors (Lipinski definition) is 5. The average molecular weight is 447 g/mol. The SMILES string of the molecule is CC1NCNC2C1CCN2[C@@H]1O[C@H]([C@H](O)c2ccc(OC(F)(F)F)cc2)[C@@](C)(O)[C@H]1O. The lowest BCUT2D eigenvalue weighted by molar-refractivity contribution is -0.274. The molecule has 1 aromatic carbocycles. The van der Waals surface area contributed by atoms with Crippen LogP contribution >= 0.6 is 0 Å². The molecule has 0 aromatic heterocycles. The van der Waals surface area contributed by atoms with Crippen molar-refractivity contribution in [1.82, 2.24) is 15.5 Å². The lowest BCUT2D eigenvalue weighted by Gasteiger charge is -2.40. The normalized spacial score (nSPS) is 40.0. The minimum Gasteiger partial charge on any atom is -0.406 e. The van der Waals surface area contributed by atoms with Crippen LogP contribution in [0.3, 0.4) is 0 Å². The Balaban J connectivity index is 1.50. The molecule has 1 aromatic rings. The van der Waals surface area contributed by atoms with E-state index in [-0.39, 0.29) is 17.8 Å². The molecule has 8 atom stereocenters. The third-order valence-corrected chi connectivity index (χ3v) is 6.66. The van der Waals surface area contributed by atoms with Crippen molar-refractivity contribution in [2.75, 3.05) is 13.2 Å². The number of benzene rings is 1. The van der Waals surface area contributed by atoms with E-state index in [9.17, 15) is 28.5 Å². The van der Waals surface area contributed by atoms with Gasteiger partial charge in [0.25, 0.3) is 0 Å². The van der Waals surface area contributed by atoms with Gasteiger partial charge in [0.2, 0.25) is 0 Å². The maximum atomic E-state index is 12.4. The molecule has 3 saturated heterocycles. The fourth-order valence-corrected chi connectivity index (χ4v) is 4.91. The van der Waals surface area contributed by atoms with Crippen LogP contribution in [0.5, 0.6) is 5.75 Å². The Kier molecular flexibility index (Phi) is 5.97. The van der Waals surface area contributed by atoms with Crippen LogP contribution in [0.4, 0.5) is 13.2 Å². The topological polar surface area (TPSA) is 106 Å². The van der Waals surface area contributed by atoms with Crippen molar-refractivity contribution < 1.29 is 38.0 Å². The number of ether oxygens (including phenoxy) is 2. The number of fused-ring (bicyclic) bond motifs is 1. The molecule has 0 bridgehead atoms. The molecule has 4 rings (SSSR count). The number of hydrogen-bond acceptors (Lipinski definition) is 8. The van der Waals surface area contributed by atoms with Crippen LogP contribution in [0.25, 0.3) is 0 Å². The predicted molar refractivity (Wildman–Crippen MR) is 103 cm³/mol. The van der Waals surface area contributed by atoms with Crippen molar-refractivity contribution in [3.63, 3.8) is 0 Å². The van der Waals surface area contributed by atoms with Crippen LogP contribution in [0.2, 0.25) is 0 Å². The molecule has 174 valence electrons. The number of aliphatic hydroxyl groups is 3. The van der Waals surface area contributed by atoms with E-state index in [1.807, 2.05) is 4.90 Å². The fraction of sp³-hybridized carbons (Fsp3) is 0.700. The highest BCUT2D eigenvalue weighted by atomic mass is 19.4. The standard InChI is InChI=1S/C20H28F3N3O5/c1-10-13-7-8-26(17(13)25-9-24-10)18-15(28)19(2,29)16(30-18)14(27)11-3-5-12(6-4-11)31-20(21,22)23/h3-6,10,13-18,24-25,27-29H,7-9H2,1-2H3/t10?,13?,14-,15+,16-,17?,18-,19+/m1/s1. The zero-order chi connectivity index (χ0) is 22.6. The number of nitrogens with zero attached hydrogens (tertiary/aromatic N) is 1. The van der Waals surface area contributed by atoms with E-state index in [2.05, 4.69) is 22.3 Å². The van der Waals surface area contributed by atoms with Gasteiger partial charge in [-0.3, -0.25) is 10.2 Å². The van der Waals surface area contributed by atoms with E-state index in [1.54, 1.807) is 0 Å². The van der Waals surface area contributed by atoms with Gasteiger partial charge in [-0.05, 0) is 38.0 Å². The first-order valence-electron chi connectivity index (χ1n) is 10.3. The first kappa shape index (κ1) is 22.7. The summed E-state index contributed by atoms with van der Waals surface area (Å²) in [7, 11) is 0. The second-order valence-electron chi connectivity index (χ2n) is 8.69. The van der Waals surface area contributed by atoms with Gasteiger partial charge in [0.05, 0.1) is 6.17 Å². The quantitative estimate of drug-likeness (QED) is 0.458. The maximum absolute atomic E-state index is 12.4. The van der Waals surface area contributed by atoms with Gasteiger partial charge in [0.1, 0.15) is 35.9 Å². The Hall–Kier alpha value is -1.47. The molecule has 0 amide bonds. The zero-order valence-electron chi connectivity index (χ0n) is 17.2. The number of rotatable bonds is 4. The Morgan fingerprint density at radius 3 is 2.58 bits per heavy atom. The molecule has 31 heavy (non-hydrogen) atoms. The van der Waals surface area contributed by atoms with Crippen LogP contribution in [-0.4, -0.2) is 76.0 Å². The molecule has 3 aliphatic heterocycles. The Bertz CT molecular complexity index is 778. The van der Waals surface area contributed by atoms with Gasteiger partial charge in [-0.25, -0.2) is 0 Å². The van der Waals surface area contributed by atoms with Crippen LogP contribution in [0.1, 0.15) is 31.9 Å². The molecule has 11 heteroatoms. The van der Waals surface area contributed by atoms with Crippen molar-refractivity contribution in [2.45, 2.75) is 69.0 Å². The van der Waals surface area contributed by atoms with E-state index >= 15 is 0 Å². The van der Waals surface area contributed by atoms with E-state index in [0.29, 0.717) is 19.1 Å². The summed E-state index contributed by atoms with van der Waals surface area (Å²) in [5.41, 5.74) is -1.54. The van der Waals surface area contributed by atoms with E-state index in [0.717, 1.165) is 18.6 Å². The van der Waals surface area contributed by atoms with Gasteiger partial charge in [0, 0.05) is 25.2 Å². The molecule has 0 spiro atoms. The molecule has 3 unspecified atom stereocenters. The highest BCUT2D eigenvalue weighted by Gasteiger charge is 2.58. The maximum Gasteiger partial charge on any atom is 0.573 e. The Morgan fingerprint density at radius 1 is 1.26 bits per heavy atom. The number of aliphatic hydroxyl groups excluding tert-OH is 2. The molecule has 3 aliphatic rings. The monoisotopic (exact) mass is 447 g/mol. The fourth-order valence-electron chi connectivity index (χ4n) is 4.91. The summed E-state index contributed by atoms with van der Waals surface area (Å²) >= 11 is 0. The van der Waals surface area contributed by atoms with Crippen molar-refractivity contribution in [1.29, 1.82) is 0 Å². The van der Waals surface area contributed by atoms with Gasteiger partial charge in [0.15, 0.2) is 0 Å². The molecule has 0 radical (unpaired) electrons. The number of nitrogens with one attached hydrogen (secondary N) is 2. The molecular formula is C20H28F3N3O5. The van der Waals surface area contributed by atoms with Crippen LogP contribution in [0, 0.1) is 5.92 Å². The van der Waals surface area contributed by atoms with Gasteiger partial charge >= 0.3 is 6.36 Å². The first-order valence-corrected chi connectivity index (χ1v) is 10.3.